The van der Waals surface area contributed by atoms with Gasteiger partial charge in [-0.2, -0.15) is 0 Å². The number of piperidine rings is 1. The topological polar surface area (TPSA) is 3.24 Å². The van der Waals surface area contributed by atoms with Gasteiger partial charge in [0.15, 0.2) is 0 Å². The van der Waals surface area contributed by atoms with E-state index in [1.165, 1.54) is 37.2 Å². The molecular formula is C14H20ClN. The normalized spacial score (nSPS) is 17.8. The molecule has 0 radical (unpaired) electrons. The Hall–Kier alpha value is -0.690. The van der Waals surface area contributed by atoms with E-state index in [1.54, 1.807) is 0 Å². The molecule has 0 N–H and O–H groups in total. The van der Waals surface area contributed by atoms with E-state index < -0.39 is 0 Å². The molecule has 1 nitrogen and oxygen atoms in total. The molecule has 1 aliphatic heterocycles. The lowest BCUT2D eigenvalue weighted by atomic mass is 9.98. The van der Waals surface area contributed by atoms with E-state index in [0.29, 0.717) is 0 Å². The van der Waals surface area contributed by atoms with E-state index in [1.807, 2.05) is 6.07 Å². The summed E-state index contributed by atoms with van der Waals surface area (Å²) >= 11 is 6.14. The van der Waals surface area contributed by atoms with Crippen LogP contribution in [0.4, 0.5) is 5.69 Å². The van der Waals surface area contributed by atoms with Crippen LogP contribution in [0.25, 0.3) is 0 Å². The van der Waals surface area contributed by atoms with Crippen molar-refractivity contribution in [2.24, 2.45) is 5.92 Å². The molecule has 1 aliphatic rings. The summed E-state index contributed by atoms with van der Waals surface area (Å²) in [7, 11) is 0. The molecule has 0 saturated carbocycles. The second-order valence-corrected chi connectivity index (χ2v) is 5.21. The average Bonchev–Trinajstić information content (AvgIpc) is 2.31. The molecule has 0 aliphatic carbocycles. The molecule has 1 aromatic rings. The number of rotatable bonds is 2. The van der Waals surface area contributed by atoms with Gasteiger partial charge >= 0.3 is 0 Å². The molecule has 0 bridgehead atoms. The molecule has 1 saturated heterocycles. The van der Waals surface area contributed by atoms with Crippen LogP contribution in [0.1, 0.15) is 32.3 Å². The van der Waals surface area contributed by atoms with Crippen molar-refractivity contribution in [3.8, 4) is 0 Å². The van der Waals surface area contributed by atoms with Gasteiger partial charge in [-0.05, 0) is 48.9 Å². The second kappa shape index (κ2) is 5.09. The van der Waals surface area contributed by atoms with Gasteiger partial charge in [0.25, 0.3) is 0 Å². The molecule has 2 rings (SSSR count). The van der Waals surface area contributed by atoms with Crippen molar-refractivity contribution in [3.63, 3.8) is 0 Å². The van der Waals surface area contributed by atoms with Crippen LogP contribution in [-0.2, 0) is 6.42 Å². The van der Waals surface area contributed by atoms with E-state index in [4.69, 9.17) is 11.6 Å². The number of nitrogens with zero attached hydrogens (tertiary/aromatic N) is 1. The summed E-state index contributed by atoms with van der Waals surface area (Å²) in [5.41, 5.74) is 2.60. The maximum atomic E-state index is 6.14. The fraction of sp³-hybridized carbons (Fsp3) is 0.571. The minimum atomic E-state index is 0.884. The van der Waals surface area contributed by atoms with Gasteiger partial charge in [0.05, 0.1) is 0 Å². The minimum Gasteiger partial charge on any atom is -0.372 e. The molecule has 1 heterocycles. The SMILES string of the molecule is CCc1cc(N2CCC(C)CC2)ccc1Cl. The van der Waals surface area contributed by atoms with Crippen molar-refractivity contribution in [2.45, 2.75) is 33.1 Å². The van der Waals surface area contributed by atoms with Gasteiger partial charge in [-0.3, -0.25) is 0 Å². The van der Waals surface area contributed by atoms with Crippen LogP contribution < -0.4 is 4.90 Å². The van der Waals surface area contributed by atoms with Crippen molar-refractivity contribution in [3.05, 3.63) is 28.8 Å². The van der Waals surface area contributed by atoms with Crippen LogP contribution in [-0.4, -0.2) is 13.1 Å². The third kappa shape index (κ3) is 2.52. The summed E-state index contributed by atoms with van der Waals surface area (Å²) in [6.45, 7) is 6.87. The summed E-state index contributed by atoms with van der Waals surface area (Å²) in [4.78, 5) is 2.48. The first-order chi connectivity index (χ1) is 7.70. The Kier molecular flexibility index (Phi) is 3.75. The highest BCUT2D eigenvalue weighted by Crippen LogP contribution is 2.27. The molecule has 0 unspecified atom stereocenters. The third-order valence-electron chi connectivity index (χ3n) is 3.56. The lowest BCUT2D eigenvalue weighted by molar-refractivity contribution is 0.438. The predicted octanol–water partition coefficient (Wildman–Crippen LogP) is 4.14. The van der Waals surface area contributed by atoms with Gasteiger partial charge in [0.2, 0.25) is 0 Å². The molecule has 0 spiro atoms. The van der Waals surface area contributed by atoms with Gasteiger partial charge in [-0.1, -0.05) is 25.4 Å². The minimum absolute atomic E-state index is 0.884. The lowest BCUT2D eigenvalue weighted by Gasteiger charge is -2.32. The fourth-order valence-electron chi connectivity index (χ4n) is 2.30. The Morgan fingerprint density at radius 1 is 1.31 bits per heavy atom. The van der Waals surface area contributed by atoms with Crippen molar-refractivity contribution in [2.75, 3.05) is 18.0 Å². The molecule has 1 aromatic carbocycles. The van der Waals surface area contributed by atoms with Gasteiger partial charge in [0, 0.05) is 23.8 Å². The zero-order valence-electron chi connectivity index (χ0n) is 10.2. The Balaban J connectivity index is 2.14. The average molecular weight is 238 g/mol. The number of hydrogen-bond donors (Lipinski definition) is 0. The van der Waals surface area contributed by atoms with E-state index in [-0.39, 0.29) is 0 Å². The zero-order chi connectivity index (χ0) is 11.5. The van der Waals surface area contributed by atoms with Crippen LogP contribution in [0.2, 0.25) is 5.02 Å². The fourth-order valence-corrected chi connectivity index (χ4v) is 2.55. The van der Waals surface area contributed by atoms with Crippen molar-refractivity contribution < 1.29 is 0 Å². The molecule has 0 aromatic heterocycles. The summed E-state index contributed by atoms with van der Waals surface area (Å²) in [5.74, 6) is 0.884. The summed E-state index contributed by atoms with van der Waals surface area (Å²) < 4.78 is 0. The van der Waals surface area contributed by atoms with Gasteiger partial charge in [-0.15, -0.1) is 0 Å². The number of benzene rings is 1. The van der Waals surface area contributed by atoms with Crippen LogP contribution in [0, 0.1) is 5.92 Å². The first-order valence-corrected chi connectivity index (χ1v) is 6.62. The maximum Gasteiger partial charge on any atom is 0.0439 e. The quantitative estimate of drug-likeness (QED) is 0.747. The first kappa shape index (κ1) is 11.8. The van der Waals surface area contributed by atoms with Crippen molar-refractivity contribution in [1.82, 2.24) is 0 Å². The van der Waals surface area contributed by atoms with Crippen LogP contribution >= 0.6 is 11.6 Å². The molecule has 88 valence electrons. The monoisotopic (exact) mass is 237 g/mol. The zero-order valence-corrected chi connectivity index (χ0v) is 10.9. The highest BCUT2D eigenvalue weighted by atomic mass is 35.5. The number of hydrogen-bond acceptors (Lipinski definition) is 1. The largest absolute Gasteiger partial charge is 0.372 e. The van der Waals surface area contributed by atoms with E-state index in [2.05, 4.69) is 30.9 Å². The van der Waals surface area contributed by atoms with Gasteiger partial charge < -0.3 is 4.90 Å². The second-order valence-electron chi connectivity index (χ2n) is 4.80. The van der Waals surface area contributed by atoms with Gasteiger partial charge in [0.1, 0.15) is 0 Å². The van der Waals surface area contributed by atoms with E-state index in [9.17, 15) is 0 Å². The molecule has 1 fully saturated rings. The van der Waals surface area contributed by atoms with Crippen LogP contribution in [0.5, 0.6) is 0 Å². The molecule has 2 heteroatoms. The molecular weight excluding hydrogens is 218 g/mol. The summed E-state index contributed by atoms with van der Waals surface area (Å²) in [6.07, 6.45) is 3.63. The summed E-state index contributed by atoms with van der Waals surface area (Å²) in [5, 5.41) is 0.900. The molecule has 0 amide bonds. The predicted molar refractivity (Wildman–Crippen MR) is 71.4 cm³/mol. The van der Waals surface area contributed by atoms with Gasteiger partial charge in [-0.25, -0.2) is 0 Å². The van der Waals surface area contributed by atoms with E-state index in [0.717, 1.165) is 17.4 Å². The lowest BCUT2D eigenvalue weighted by Crippen LogP contribution is -2.32. The third-order valence-corrected chi connectivity index (χ3v) is 3.93. The smallest absolute Gasteiger partial charge is 0.0439 e. The highest BCUT2D eigenvalue weighted by Gasteiger charge is 2.16. The maximum absolute atomic E-state index is 6.14. The Bertz CT molecular complexity index is 354. The molecule has 0 atom stereocenters. The van der Waals surface area contributed by atoms with Crippen molar-refractivity contribution >= 4 is 17.3 Å². The first-order valence-electron chi connectivity index (χ1n) is 6.24. The standard InChI is InChI=1S/C14H20ClN/c1-3-12-10-13(4-5-14(12)15)16-8-6-11(2)7-9-16/h4-5,10-11H,3,6-9H2,1-2H3. The summed E-state index contributed by atoms with van der Waals surface area (Å²) in [6, 6.07) is 6.43. The number of halogens is 1. The molecule has 16 heavy (non-hydrogen) atoms. The van der Waals surface area contributed by atoms with Crippen molar-refractivity contribution in [1.29, 1.82) is 0 Å². The highest BCUT2D eigenvalue weighted by molar-refractivity contribution is 6.31. The number of aryl methyl sites for hydroxylation is 1. The Labute approximate surface area is 103 Å². The number of anilines is 1. The Morgan fingerprint density at radius 2 is 2.00 bits per heavy atom. The van der Waals surface area contributed by atoms with Crippen LogP contribution in [0.3, 0.4) is 0 Å². The van der Waals surface area contributed by atoms with E-state index >= 15 is 0 Å². The van der Waals surface area contributed by atoms with Crippen LogP contribution in [0.15, 0.2) is 18.2 Å². The Morgan fingerprint density at radius 3 is 2.62 bits per heavy atom.